The molecule has 1 aliphatic rings. The Hall–Kier alpha value is -1.58. The summed E-state index contributed by atoms with van der Waals surface area (Å²) in [7, 11) is 0. The maximum atomic E-state index is 12.5. The molecule has 19 heavy (non-hydrogen) atoms. The second-order valence-electron chi connectivity index (χ2n) is 4.30. The first-order valence-corrected chi connectivity index (χ1v) is 5.91. The summed E-state index contributed by atoms with van der Waals surface area (Å²) in [6.45, 7) is 2.30. The van der Waals surface area contributed by atoms with Crippen LogP contribution in [-0.2, 0) is 10.9 Å². The lowest BCUT2D eigenvalue weighted by atomic mass is 10.0. The summed E-state index contributed by atoms with van der Waals surface area (Å²) < 4.78 is 42.6. The van der Waals surface area contributed by atoms with Crippen molar-refractivity contribution in [2.45, 2.75) is 12.2 Å². The number of nitrogens with zero attached hydrogens (tertiary/aromatic N) is 2. The highest BCUT2D eigenvalue weighted by molar-refractivity contribution is 5.29. The number of hydrogen-bond donors (Lipinski definition) is 0. The lowest BCUT2D eigenvalue weighted by molar-refractivity contribution is -0.137. The molecule has 1 aromatic carbocycles. The molecule has 1 fully saturated rings. The van der Waals surface area contributed by atoms with Gasteiger partial charge in [-0.15, -0.1) is 0 Å². The minimum atomic E-state index is -4.35. The van der Waals surface area contributed by atoms with Gasteiger partial charge in [-0.3, -0.25) is 4.90 Å². The fourth-order valence-corrected chi connectivity index (χ4v) is 2.06. The molecule has 1 heterocycles. The van der Waals surface area contributed by atoms with Crippen molar-refractivity contribution in [3.05, 3.63) is 35.4 Å². The van der Waals surface area contributed by atoms with E-state index < -0.39 is 17.8 Å². The van der Waals surface area contributed by atoms with Gasteiger partial charge in [0, 0.05) is 13.1 Å². The second kappa shape index (κ2) is 5.59. The highest BCUT2D eigenvalue weighted by atomic mass is 19.4. The van der Waals surface area contributed by atoms with Gasteiger partial charge in [-0.2, -0.15) is 18.4 Å². The largest absolute Gasteiger partial charge is 0.416 e. The molecule has 3 nitrogen and oxygen atoms in total. The van der Waals surface area contributed by atoms with Crippen molar-refractivity contribution < 1.29 is 17.9 Å². The van der Waals surface area contributed by atoms with Crippen LogP contribution < -0.4 is 0 Å². The summed E-state index contributed by atoms with van der Waals surface area (Å²) >= 11 is 0. The molecule has 0 N–H and O–H groups in total. The Kier molecular flexibility index (Phi) is 4.08. The molecule has 1 aliphatic heterocycles. The van der Waals surface area contributed by atoms with Gasteiger partial charge in [0.05, 0.1) is 24.8 Å². The molecular formula is C13H13F3N2O. The molecular weight excluding hydrogens is 257 g/mol. The second-order valence-corrected chi connectivity index (χ2v) is 4.30. The minimum absolute atomic E-state index is 0.522. The number of rotatable bonds is 2. The topological polar surface area (TPSA) is 36.3 Å². The van der Waals surface area contributed by atoms with E-state index in [-0.39, 0.29) is 0 Å². The Balaban J connectivity index is 2.17. The Morgan fingerprint density at radius 1 is 1.16 bits per heavy atom. The van der Waals surface area contributed by atoms with E-state index in [0.717, 1.165) is 12.1 Å². The molecule has 0 aromatic heterocycles. The van der Waals surface area contributed by atoms with Gasteiger partial charge in [-0.25, -0.2) is 0 Å². The van der Waals surface area contributed by atoms with Gasteiger partial charge >= 0.3 is 6.18 Å². The first-order chi connectivity index (χ1) is 9.02. The van der Waals surface area contributed by atoms with Gasteiger partial charge in [0.2, 0.25) is 0 Å². The standard InChI is InChI=1S/C13H13F3N2O/c14-13(15,16)11-3-1-10(2-4-11)12(9-17)18-5-7-19-8-6-18/h1-4,12H,5-8H2/t12-/m1/s1. The minimum Gasteiger partial charge on any atom is -0.379 e. The molecule has 1 saturated heterocycles. The highest BCUT2D eigenvalue weighted by Gasteiger charge is 2.30. The van der Waals surface area contributed by atoms with E-state index in [9.17, 15) is 18.4 Å². The third-order valence-electron chi connectivity index (χ3n) is 3.09. The monoisotopic (exact) mass is 270 g/mol. The third-order valence-corrected chi connectivity index (χ3v) is 3.09. The predicted octanol–water partition coefficient (Wildman–Crippen LogP) is 2.60. The van der Waals surface area contributed by atoms with E-state index in [1.807, 2.05) is 4.90 Å². The maximum absolute atomic E-state index is 12.5. The van der Waals surface area contributed by atoms with E-state index in [1.165, 1.54) is 12.1 Å². The summed E-state index contributed by atoms with van der Waals surface area (Å²) in [6, 6.07) is 6.38. The van der Waals surface area contributed by atoms with E-state index in [0.29, 0.717) is 31.9 Å². The summed E-state index contributed by atoms with van der Waals surface area (Å²) in [6.07, 6.45) is -4.35. The SMILES string of the molecule is N#C[C@H](c1ccc(C(F)(F)F)cc1)N1CCOCC1. The lowest BCUT2D eigenvalue weighted by Crippen LogP contribution is -2.38. The third kappa shape index (κ3) is 3.25. The van der Waals surface area contributed by atoms with Crippen molar-refractivity contribution >= 4 is 0 Å². The zero-order chi connectivity index (χ0) is 13.9. The van der Waals surface area contributed by atoms with Crippen LogP contribution in [0.3, 0.4) is 0 Å². The van der Waals surface area contributed by atoms with Crippen molar-refractivity contribution in [3.8, 4) is 6.07 Å². The van der Waals surface area contributed by atoms with Crippen LogP contribution in [0, 0.1) is 11.3 Å². The zero-order valence-corrected chi connectivity index (χ0v) is 10.2. The van der Waals surface area contributed by atoms with E-state index in [1.54, 1.807) is 0 Å². The van der Waals surface area contributed by atoms with Gasteiger partial charge in [0.15, 0.2) is 0 Å². The normalized spacial score (nSPS) is 18.8. The van der Waals surface area contributed by atoms with E-state index in [4.69, 9.17) is 4.74 Å². The fourth-order valence-electron chi connectivity index (χ4n) is 2.06. The Morgan fingerprint density at radius 3 is 2.21 bits per heavy atom. The number of hydrogen-bond acceptors (Lipinski definition) is 3. The number of alkyl halides is 3. The maximum Gasteiger partial charge on any atom is 0.416 e. The molecule has 0 amide bonds. The highest BCUT2D eigenvalue weighted by Crippen LogP contribution is 2.30. The van der Waals surface area contributed by atoms with Gasteiger partial charge in [0.1, 0.15) is 6.04 Å². The molecule has 0 radical (unpaired) electrons. The summed E-state index contributed by atoms with van der Waals surface area (Å²) in [5, 5.41) is 9.21. The Labute approximate surface area is 109 Å². The number of halogens is 3. The quantitative estimate of drug-likeness (QED) is 0.828. The summed E-state index contributed by atoms with van der Waals surface area (Å²) in [5.74, 6) is 0. The lowest BCUT2D eigenvalue weighted by Gasteiger charge is -2.30. The molecule has 0 unspecified atom stereocenters. The van der Waals surface area contributed by atoms with Crippen LogP contribution in [0.4, 0.5) is 13.2 Å². The van der Waals surface area contributed by atoms with Gasteiger partial charge < -0.3 is 4.74 Å². The van der Waals surface area contributed by atoms with Crippen LogP contribution in [0.15, 0.2) is 24.3 Å². The average Bonchev–Trinajstić information content (AvgIpc) is 2.40. The van der Waals surface area contributed by atoms with E-state index in [2.05, 4.69) is 6.07 Å². The van der Waals surface area contributed by atoms with Crippen molar-refractivity contribution in [2.75, 3.05) is 26.3 Å². The number of benzene rings is 1. The summed E-state index contributed by atoms with van der Waals surface area (Å²) in [5.41, 5.74) is -0.118. The molecule has 0 saturated carbocycles. The van der Waals surface area contributed by atoms with Crippen molar-refractivity contribution in [1.29, 1.82) is 5.26 Å². The smallest absolute Gasteiger partial charge is 0.379 e. The first kappa shape index (κ1) is 13.8. The van der Waals surface area contributed by atoms with Crippen LogP contribution in [-0.4, -0.2) is 31.2 Å². The predicted molar refractivity (Wildman–Crippen MR) is 62.2 cm³/mol. The van der Waals surface area contributed by atoms with Gasteiger partial charge in [0.25, 0.3) is 0 Å². The zero-order valence-electron chi connectivity index (χ0n) is 10.2. The van der Waals surface area contributed by atoms with Crippen molar-refractivity contribution in [2.24, 2.45) is 0 Å². The molecule has 6 heteroatoms. The van der Waals surface area contributed by atoms with Crippen LogP contribution in [0.5, 0.6) is 0 Å². The number of nitriles is 1. The molecule has 102 valence electrons. The molecule has 0 aliphatic carbocycles. The van der Waals surface area contributed by atoms with Crippen LogP contribution >= 0.6 is 0 Å². The Morgan fingerprint density at radius 2 is 1.74 bits per heavy atom. The molecule has 0 spiro atoms. The van der Waals surface area contributed by atoms with Crippen LogP contribution in [0.25, 0.3) is 0 Å². The molecule has 1 aromatic rings. The van der Waals surface area contributed by atoms with Crippen LogP contribution in [0.2, 0.25) is 0 Å². The van der Waals surface area contributed by atoms with Crippen molar-refractivity contribution in [1.82, 2.24) is 4.90 Å². The van der Waals surface area contributed by atoms with Gasteiger partial charge in [-0.05, 0) is 17.7 Å². The number of ether oxygens (including phenoxy) is 1. The average molecular weight is 270 g/mol. The molecule has 0 bridgehead atoms. The molecule has 1 atom stereocenters. The fraction of sp³-hybridized carbons (Fsp3) is 0.462. The Bertz CT molecular complexity index is 458. The summed E-state index contributed by atoms with van der Waals surface area (Å²) in [4.78, 5) is 1.91. The first-order valence-electron chi connectivity index (χ1n) is 5.91. The number of morpholine rings is 1. The van der Waals surface area contributed by atoms with Crippen LogP contribution in [0.1, 0.15) is 17.2 Å². The van der Waals surface area contributed by atoms with E-state index >= 15 is 0 Å². The molecule has 2 rings (SSSR count). The van der Waals surface area contributed by atoms with Crippen molar-refractivity contribution in [3.63, 3.8) is 0 Å². The van der Waals surface area contributed by atoms with Gasteiger partial charge in [-0.1, -0.05) is 12.1 Å².